The van der Waals surface area contributed by atoms with E-state index in [-0.39, 0.29) is 18.1 Å². The fraction of sp³-hybridized carbons (Fsp3) is 0.391. The number of nitrogens with one attached hydrogen (secondary N) is 1. The van der Waals surface area contributed by atoms with E-state index in [1.165, 1.54) is 11.3 Å². The van der Waals surface area contributed by atoms with Crippen LogP contribution in [-0.2, 0) is 4.79 Å². The lowest BCUT2D eigenvalue weighted by molar-refractivity contribution is -0.123. The highest BCUT2D eigenvalue weighted by Crippen LogP contribution is 2.43. The summed E-state index contributed by atoms with van der Waals surface area (Å²) in [5, 5.41) is 4.14. The number of hydrazone groups is 1. The van der Waals surface area contributed by atoms with Gasteiger partial charge in [-0.05, 0) is 96.7 Å². The molecule has 0 bridgehead atoms. The predicted molar refractivity (Wildman–Crippen MR) is 127 cm³/mol. The lowest BCUT2D eigenvalue weighted by Crippen LogP contribution is -2.45. The molecule has 1 aliphatic rings. The number of amides is 1. The van der Waals surface area contributed by atoms with Gasteiger partial charge in [0, 0.05) is 18.3 Å². The number of anilines is 1. The Labute approximate surface area is 186 Å². The van der Waals surface area contributed by atoms with Crippen LogP contribution in [0.3, 0.4) is 0 Å². The summed E-state index contributed by atoms with van der Waals surface area (Å²) >= 11 is 2.18. The van der Waals surface area contributed by atoms with Gasteiger partial charge in [0.25, 0.3) is 5.91 Å². The Morgan fingerprint density at radius 1 is 1.38 bits per heavy atom. The van der Waals surface area contributed by atoms with Gasteiger partial charge in [0.05, 0.1) is 9.78 Å². The lowest BCUT2D eigenvalue weighted by atomic mass is 9.79. The molecule has 1 N–H and O–H groups in total. The fourth-order valence-electron chi connectivity index (χ4n) is 3.78. The molecule has 0 saturated heterocycles. The van der Waals surface area contributed by atoms with Gasteiger partial charge in [0.1, 0.15) is 5.75 Å². The normalized spacial score (nSPS) is 17.9. The van der Waals surface area contributed by atoms with Gasteiger partial charge >= 0.3 is 0 Å². The van der Waals surface area contributed by atoms with Gasteiger partial charge in [-0.1, -0.05) is 19.1 Å². The summed E-state index contributed by atoms with van der Waals surface area (Å²) in [5.74, 6) is 0.880. The SMILES string of the molecule is Cc1cc2c(cc1/C=N/NC(=O)COc1ccccc1I)C(C)CC(C)(C)N2C. The molecule has 6 heteroatoms. The van der Waals surface area contributed by atoms with Crippen molar-refractivity contribution in [3.8, 4) is 5.75 Å². The van der Waals surface area contributed by atoms with Crippen LogP contribution < -0.4 is 15.1 Å². The zero-order chi connectivity index (χ0) is 21.2. The number of ether oxygens (including phenoxy) is 1. The Bertz CT molecular complexity index is 940. The summed E-state index contributed by atoms with van der Waals surface area (Å²) in [6, 6.07) is 12.0. The maximum Gasteiger partial charge on any atom is 0.277 e. The highest BCUT2D eigenvalue weighted by Gasteiger charge is 2.34. The smallest absolute Gasteiger partial charge is 0.277 e. The molecular weight excluding hydrogens is 477 g/mol. The van der Waals surface area contributed by atoms with Crippen molar-refractivity contribution in [1.29, 1.82) is 0 Å². The number of nitrogens with zero attached hydrogens (tertiary/aromatic N) is 2. The van der Waals surface area contributed by atoms with Crippen LogP contribution in [0.25, 0.3) is 0 Å². The van der Waals surface area contributed by atoms with Crippen molar-refractivity contribution in [2.75, 3.05) is 18.6 Å². The van der Waals surface area contributed by atoms with E-state index >= 15 is 0 Å². The molecule has 5 nitrogen and oxygen atoms in total. The van der Waals surface area contributed by atoms with Crippen LogP contribution in [0, 0.1) is 10.5 Å². The average Bonchev–Trinajstić information content (AvgIpc) is 2.66. The van der Waals surface area contributed by atoms with E-state index in [1.807, 2.05) is 24.3 Å². The average molecular weight is 505 g/mol. The van der Waals surface area contributed by atoms with Gasteiger partial charge in [0.2, 0.25) is 0 Å². The summed E-state index contributed by atoms with van der Waals surface area (Å²) in [6.45, 7) is 8.84. The molecule has 3 rings (SSSR count). The van der Waals surface area contributed by atoms with Crippen LogP contribution in [0.1, 0.15) is 49.8 Å². The highest BCUT2D eigenvalue weighted by atomic mass is 127. The number of hydrogen-bond donors (Lipinski definition) is 1. The molecule has 0 saturated carbocycles. The second kappa shape index (κ2) is 8.73. The molecule has 1 amide bonds. The van der Waals surface area contributed by atoms with Crippen molar-refractivity contribution in [3.63, 3.8) is 0 Å². The molecule has 1 atom stereocenters. The quantitative estimate of drug-likeness (QED) is 0.359. The molecule has 1 heterocycles. The minimum atomic E-state index is -0.286. The van der Waals surface area contributed by atoms with Crippen molar-refractivity contribution in [1.82, 2.24) is 5.43 Å². The number of fused-ring (bicyclic) bond motifs is 1. The van der Waals surface area contributed by atoms with Gasteiger partial charge in [-0.3, -0.25) is 4.79 Å². The van der Waals surface area contributed by atoms with Crippen LogP contribution in [0.4, 0.5) is 5.69 Å². The monoisotopic (exact) mass is 505 g/mol. The second-order valence-electron chi connectivity index (χ2n) is 8.26. The number of carbonyl (C=O) groups is 1. The Kier molecular flexibility index (Phi) is 6.51. The number of rotatable bonds is 5. The van der Waals surface area contributed by atoms with Gasteiger partial charge in [-0.2, -0.15) is 5.10 Å². The Balaban J connectivity index is 1.66. The first-order valence-electron chi connectivity index (χ1n) is 9.76. The van der Waals surface area contributed by atoms with Gasteiger partial charge < -0.3 is 9.64 Å². The Morgan fingerprint density at radius 2 is 2.10 bits per heavy atom. The molecule has 1 aliphatic heterocycles. The van der Waals surface area contributed by atoms with Crippen LogP contribution >= 0.6 is 22.6 Å². The molecule has 0 spiro atoms. The summed E-state index contributed by atoms with van der Waals surface area (Å²) in [7, 11) is 2.16. The van der Waals surface area contributed by atoms with Gasteiger partial charge in [-0.25, -0.2) is 5.43 Å². The second-order valence-corrected chi connectivity index (χ2v) is 9.42. The number of halogens is 1. The minimum Gasteiger partial charge on any atom is -0.483 e. The molecule has 0 aliphatic carbocycles. The highest BCUT2D eigenvalue weighted by molar-refractivity contribution is 14.1. The minimum absolute atomic E-state index is 0.0720. The molecule has 2 aromatic carbocycles. The summed E-state index contributed by atoms with van der Waals surface area (Å²) in [4.78, 5) is 14.4. The van der Waals surface area contributed by atoms with Crippen LogP contribution in [0.2, 0.25) is 0 Å². The van der Waals surface area contributed by atoms with E-state index in [0.29, 0.717) is 11.7 Å². The third-order valence-corrected chi connectivity index (χ3v) is 6.50. The number of para-hydroxylation sites is 1. The summed E-state index contributed by atoms with van der Waals surface area (Å²) < 4.78 is 6.51. The summed E-state index contributed by atoms with van der Waals surface area (Å²) in [5.41, 5.74) is 7.44. The first-order valence-corrected chi connectivity index (χ1v) is 10.8. The topological polar surface area (TPSA) is 53.9 Å². The molecule has 0 aromatic heterocycles. The first kappa shape index (κ1) is 21.6. The number of benzene rings is 2. The van der Waals surface area contributed by atoms with Crippen molar-refractivity contribution >= 4 is 40.4 Å². The summed E-state index contributed by atoms with van der Waals surface area (Å²) in [6.07, 6.45) is 2.81. The molecule has 29 heavy (non-hydrogen) atoms. The van der Waals surface area contributed by atoms with E-state index in [2.05, 4.69) is 84.9 Å². The van der Waals surface area contributed by atoms with E-state index in [0.717, 1.165) is 21.1 Å². The fourth-order valence-corrected chi connectivity index (χ4v) is 4.33. The maximum absolute atomic E-state index is 12.0. The molecule has 2 aromatic rings. The molecule has 154 valence electrons. The maximum atomic E-state index is 12.0. The number of aryl methyl sites for hydroxylation is 1. The molecule has 0 fully saturated rings. The van der Waals surface area contributed by atoms with Crippen LogP contribution in [0.5, 0.6) is 5.75 Å². The van der Waals surface area contributed by atoms with E-state index in [1.54, 1.807) is 6.21 Å². The van der Waals surface area contributed by atoms with Crippen molar-refractivity contribution < 1.29 is 9.53 Å². The largest absolute Gasteiger partial charge is 0.483 e. The zero-order valence-electron chi connectivity index (χ0n) is 17.6. The Hall–Kier alpha value is -2.09. The lowest BCUT2D eigenvalue weighted by Gasteiger charge is -2.45. The molecular formula is C23H28IN3O2. The van der Waals surface area contributed by atoms with Crippen molar-refractivity contribution in [2.45, 2.75) is 45.6 Å². The van der Waals surface area contributed by atoms with Gasteiger partial charge in [-0.15, -0.1) is 0 Å². The van der Waals surface area contributed by atoms with E-state index in [9.17, 15) is 4.79 Å². The third kappa shape index (κ3) is 4.91. The Morgan fingerprint density at radius 3 is 2.83 bits per heavy atom. The first-order chi connectivity index (χ1) is 13.7. The van der Waals surface area contributed by atoms with Gasteiger partial charge in [0.15, 0.2) is 6.61 Å². The standard InChI is InChI=1S/C23H28IN3O2/c1-15-10-20-18(16(2)12-23(3,4)27(20)5)11-17(15)13-25-26-22(28)14-29-21-9-7-6-8-19(21)24/h6-11,13,16H,12,14H2,1-5H3,(H,26,28)/b25-13+. The van der Waals surface area contributed by atoms with E-state index in [4.69, 9.17) is 4.74 Å². The van der Waals surface area contributed by atoms with Crippen LogP contribution in [-0.4, -0.2) is 31.3 Å². The van der Waals surface area contributed by atoms with Crippen molar-refractivity contribution in [2.24, 2.45) is 5.10 Å². The molecule has 1 unspecified atom stereocenters. The van der Waals surface area contributed by atoms with E-state index < -0.39 is 0 Å². The molecule has 0 radical (unpaired) electrons. The van der Waals surface area contributed by atoms with Crippen LogP contribution in [0.15, 0.2) is 41.5 Å². The predicted octanol–water partition coefficient (Wildman–Crippen LogP) is 4.85. The third-order valence-electron chi connectivity index (χ3n) is 5.61. The number of hydrogen-bond acceptors (Lipinski definition) is 4. The number of carbonyl (C=O) groups excluding carboxylic acids is 1. The zero-order valence-corrected chi connectivity index (χ0v) is 19.8. The van der Waals surface area contributed by atoms with Crippen molar-refractivity contribution in [3.05, 3.63) is 56.7 Å².